The van der Waals surface area contributed by atoms with Gasteiger partial charge in [-0.1, -0.05) is 6.92 Å². The quantitative estimate of drug-likeness (QED) is 0.490. The molecule has 5 heteroatoms. The zero-order valence-electron chi connectivity index (χ0n) is 7.64. The van der Waals surface area contributed by atoms with E-state index in [9.17, 15) is 10.2 Å². The van der Waals surface area contributed by atoms with Gasteiger partial charge in [-0.15, -0.1) is 0 Å². The molecule has 5 nitrogen and oxygen atoms in total. The zero-order valence-corrected chi connectivity index (χ0v) is 7.64. The fourth-order valence-corrected chi connectivity index (χ4v) is 1.25. The number of rotatable bonds is 4. The molecule has 0 aromatic carbocycles. The number of hydrogen-bond acceptors (Lipinski definition) is 5. The van der Waals surface area contributed by atoms with Crippen molar-refractivity contribution in [3.8, 4) is 0 Å². The van der Waals surface area contributed by atoms with Crippen LogP contribution in [0.4, 0.5) is 0 Å². The third kappa shape index (κ3) is 2.18. The molecule has 1 aliphatic heterocycles. The first-order valence-corrected chi connectivity index (χ1v) is 4.41. The van der Waals surface area contributed by atoms with Crippen molar-refractivity contribution >= 4 is 0 Å². The van der Waals surface area contributed by atoms with Gasteiger partial charge in [-0.2, -0.15) is 0 Å². The highest BCUT2D eigenvalue weighted by Crippen LogP contribution is 2.25. The second-order valence-corrected chi connectivity index (χ2v) is 3.17. The molecule has 1 aliphatic rings. The molecule has 0 spiro atoms. The van der Waals surface area contributed by atoms with Gasteiger partial charge in [0, 0.05) is 6.61 Å². The van der Waals surface area contributed by atoms with E-state index in [2.05, 4.69) is 0 Å². The Morgan fingerprint density at radius 2 is 2.31 bits per heavy atom. The maximum absolute atomic E-state index is 9.68. The van der Waals surface area contributed by atoms with E-state index in [0.29, 0.717) is 6.61 Å². The molecule has 0 amide bonds. The molecule has 0 radical (unpaired) electrons. The Balaban J connectivity index is 2.49. The Morgan fingerprint density at radius 3 is 2.77 bits per heavy atom. The summed E-state index contributed by atoms with van der Waals surface area (Å²) in [7, 11) is 0. The Bertz CT molecular complexity index is 163. The van der Waals surface area contributed by atoms with Crippen LogP contribution in [0.1, 0.15) is 13.3 Å². The van der Waals surface area contributed by atoms with Gasteiger partial charge >= 0.3 is 0 Å². The van der Waals surface area contributed by atoms with E-state index >= 15 is 0 Å². The first-order chi connectivity index (χ1) is 6.14. The molecule has 0 aliphatic carbocycles. The second kappa shape index (κ2) is 4.34. The molecule has 13 heavy (non-hydrogen) atoms. The van der Waals surface area contributed by atoms with Crippen LogP contribution in [0.2, 0.25) is 0 Å². The van der Waals surface area contributed by atoms with Crippen molar-refractivity contribution in [3.63, 3.8) is 0 Å². The van der Waals surface area contributed by atoms with Crippen molar-refractivity contribution in [1.82, 2.24) is 0 Å². The van der Waals surface area contributed by atoms with Gasteiger partial charge in [-0.3, -0.25) is 0 Å². The van der Waals surface area contributed by atoms with Crippen LogP contribution in [0.25, 0.3) is 0 Å². The van der Waals surface area contributed by atoms with Crippen LogP contribution < -0.4 is 0 Å². The Hall–Kier alpha value is -0.200. The van der Waals surface area contributed by atoms with Crippen LogP contribution in [-0.2, 0) is 9.47 Å². The molecule has 3 N–H and O–H groups in total. The maximum atomic E-state index is 9.68. The number of aliphatic hydroxyl groups excluding tert-OH is 2. The summed E-state index contributed by atoms with van der Waals surface area (Å²) in [5.41, 5.74) is 0. The minimum atomic E-state index is -1.65. The smallest absolute Gasteiger partial charge is 0.218 e. The summed E-state index contributed by atoms with van der Waals surface area (Å²) in [6.45, 7) is 1.84. The van der Waals surface area contributed by atoms with Gasteiger partial charge in [-0.05, 0) is 6.42 Å². The van der Waals surface area contributed by atoms with Crippen LogP contribution in [0.15, 0.2) is 0 Å². The fraction of sp³-hybridized carbons (Fsp3) is 1.00. The number of ether oxygens (including phenoxy) is 2. The van der Waals surface area contributed by atoms with Crippen molar-refractivity contribution in [2.45, 2.75) is 31.3 Å². The van der Waals surface area contributed by atoms with E-state index in [1.165, 1.54) is 0 Å². The van der Waals surface area contributed by atoms with E-state index in [4.69, 9.17) is 14.6 Å². The molecular weight excluding hydrogens is 176 g/mol. The van der Waals surface area contributed by atoms with Gasteiger partial charge in [0.2, 0.25) is 5.79 Å². The van der Waals surface area contributed by atoms with Crippen molar-refractivity contribution in [2.75, 3.05) is 19.8 Å². The molecule has 3 atom stereocenters. The van der Waals surface area contributed by atoms with E-state index < -0.39 is 18.0 Å². The maximum Gasteiger partial charge on any atom is 0.218 e. The zero-order chi connectivity index (χ0) is 9.90. The predicted molar refractivity (Wildman–Crippen MR) is 44.0 cm³/mol. The molecule has 0 unspecified atom stereocenters. The van der Waals surface area contributed by atoms with Crippen LogP contribution in [0.3, 0.4) is 0 Å². The topological polar surface area (TPSA) is 79.2 Å². The minimum absolute atomic E-state index is 0.0978. The molecule has 1 fully saturated rings. The van der Waals surface area contributed by atoms with Crippen molar-refractivity contribution in [2.24, 2.45) is 0 Å². The van der Waals surface area contributed by atoms with Gasteiger partial charge in [0.25, 0.3) is 0 Å². The van der Waals surface area contributed by atoms with E-state index in [0.717, 1.165) is 6.42 Å². The first kappa shape index (κ1) is 10.9. The molecule has 78 valence electrons. The van der Waals surface area contributed by atoms with Crippen molar-refractivity contribution in [1.29, 1.82) is 0 Å². The van der Waals surface area contributed by atoms with Gasteiger partial charge in [0.15, 0.2) is 0 Å². The minimum Gasteiger partial charge on any atom is -0.394 e. The van der Waals surface area contributed by atoms with Crippen LogP contribution in [0, 0.1) is 0 Å². The summed E-state index contributed by atoms with van der Waals surface area (Å²) in [6.07, 6.45) is -1.18. The molecular formula is C8H16O5. The SMILES string of the molecule is CCCO[C@]1(O)CO[C@H](CO)[C@H]1O. The lowest BCUT2D eigenvalue weighted by atomic mass is 10.1. The van der Waals surface area contributed by atoms with Gasteiger partial charge in [-0.25, -0.2) is 0 Å². The standard InChI is InChI=1S/C8H16O5/c1-2-3-13-8(11)5-12-6(4-9)7(8)10/h6-7,9-11H,2-5H2,1H3/t6-,7-,8-/m1/s1. The monoisotopic (exact) mass is 192 g/mol. The fourth-order valence-electron chi connectivity index (χ4n) is 1.25. The highest BCUT2D eigenvalue weighted by Gasteiger charge is 2.48. The molecule has 0 bridgehead atoms. The normalized spacial score (nSPS) is 39.7. The third-order valence-electron chi connectivity index (χ3n) is 2.05. The lowest BCUT2D eigenvalue weighted by molar-refractivity contribution is -0.239. The average Bonchev–Trinajstić information content (AvgIpc) is 2.41. The number of hydrogen-bond donors (Lipinski definition) is 3. The lowest BCUT2D eigenvalue weighted by Gasteiger charge is -2.25. The first-order valence-electron chi connectivity index (χ1n) is 4.41. The predicted octanol–water partition coefficient (Wildman–Crippen LogP) is -1.15. The van der Waals surface area contributed by atoms with E-state index in [1.807, 2.05) is 6.92 Å². The summed E-state index contributed by atoms with van der Waals surface area (Å²) in [5, 5.41) is 27.9. The van der Waals surface area contributed by atoms with Crippen molar-refractivity contribution < 1.29 is 24.8 Å². The number of aliphatic hydroxyl groups is 3. The van der Waals surface area contributed by atoms with E-state index in [1.54, 1.807) is 0 Å². The summed E-state index contributed by atoms with van der Waals surface area (Å²) >= 11 is 0. The molecule has 0 aromatic heterocycles. The Kier molecular flexibility index (Phi) is 3.63. The van der Waals surface area contributed by atoms with Crippen LogP contribution >= 0.6 is 0 Å². The second-order valence-electron chi connectivity index (χ2n) is 3.17. The Morgan fingerprint density at radius 1 is 1.62 bits per heavy atom. The summed E-state index contributed by atoms with van der Waals surface area (Å²) in [5.74, 6) is -1.65. The van der Waals surface area contributed by atoms with Crippen LogP contribution in [-0.4, -0.2) is 53.1 Å². The lowest BCUT2D eigenvalue weighted by Crippen LogP contribution is -2.47. The van der Waals surface area contributed by atoms with Crippen LogP contribution in [0.5, 0.6) is 0 Å². The molecule has 0 saturated carbocycles. The van der Waals surface area contributed by atoms with Gasteiger partial charge in [0.05, 0.1) is 6.61 Å². The summed E-state index contributed by atoms with van der Waals surface area (Å²) in [6, 6.07) is 0. The molecule has 1 saturated heterocycles. The van der Waals surface area contributed by atoms with E-state index in [-0.39, 0.29) is 13.2 Å². The third-order valence-corrected chi connectivity index (χ3v) is 2.05. The molecule has 1 heterocycles. The summed E-state index contributed by atoms with van der Waals surface area (Å²) < 4.78 is 10.0. The van der Waals surface area contributed by atoms with Crippen molar-refractivity contribution in [3.05, 3.63) is 0 Å². The average molecular weight is 192 g/mol. The highest BCUT2D eigenvalue weighted by atomic mass is 16.7. The largest absolute Gasteiger partial charge is 0.394 e. The molecule has 1 rings (SSSR count). The van der Waals surface area contributed by atoms with Gasteiger partial charge < -0.3 is 24.8 Å². The Labute approximate surface area is 76.9 Å². The van der Waals surface area contributed by atoms with Gasteiger partial charge in [0.1, 0.15) is 18.8 Å². The molecule has 0 aromatic rings. The summed E-state index contributed by atoms with van der Waals surface area (Å²) in [4.78, 5) is 0. The highest BCUT2D eigenvalue weighted by molar-refractivity contribution is 4.90.